The Kier molecular flexibility index (Phi) is 9.50. The topological polar surface area (TPSA) is 44.9 Å². The quantitative estimate of drug-likeness (QED) is 0.118. The molecule has 5 heteroatoms. The van der Waals surface area contributed by atoms with Crippen LogP contribution in [0.5, 0.6) is 11.5 Å². The van der Waals surface area contributed by atoms with Gasteiger partial charge in [0.15, 0.2) is 0 Å². The average molecular weight is 715 g/mol. The van der Waals surface area contributed by atoms with Crippen molar-refractivity contribution in [2.24, 2.45) is 0 Å². The minimum Gasteiger partial charge on any atom is -0.456 e. The summed E-state index contributed by atoms with van der Waals surface area (Å²) in [7, 11) is 0. The van der Waals surface area contributed by atoms with E-state index in [-0.39, 0.29) is 0 Å². The summed E-state index contributed by atoms with van der Waals surface area (Å²) in [6, 6.07) is 57.5. The van der Waals surface area contributed by atoms with E-state index in [1.165, 1.54) is 12.8 Å². The van der Waals surface area contributed by atoms with Crippen LogP contribution >= 0.6 is 0 Å². The first kappa shape index (κ1) is 34.1. The van der Waals surface area contributed by atoms with Crippen LogP contribution in [0, 0.1) is 0 Å². The molecule has 9 rings (SSSR count). The van der Waals surface area contributed by atoms with Crippen LogP contribution in [-0.4, -0.2) is 19.6 Å². The van der Waals surface area contributed by atoms with Gasteiger partial charge in [-0.15, -0.1) is 0 Å². The van der Waals surface area contributed by atoms with Crippen LogP contribution in [0.25, 0.3) is 66.6 Å². The van der Waals surface area contributed by atoms with Crippen molar-refractivity contribution >= 4 is 21.8 Å². The lowest BCUT2D eigenvalue weighted by molar-refractivity contribution is 0.476. The second-order valence-electron chi connectivity index (χ2n) is 14.1. The summed E-state index contributed by atoms with van der Waals surface area (Å²) in [5.74, 6) is 1.64. The van der Waals surface area contributed by atoms with Gasteiger partial charge < -0.3 is 4.74 Å². The van der Waals surface area contributed by atoms with Gasteiger partial charge in [-0.25, -0.2) is 9.36 Å². The molecule has 0 unspecified atom stereocenters. The number of ether oxygens (including phenoxy) is 1. The van der Waals surface area contributed by atoms with E-state index in [4.69, 9.17) is 14.9 Å². The molecule has 268 valence electrons. The molecule has 0 saturated carbocycles. The van der Waals surface area contributed by atoms with E-state index >= 15 is 0 Å². The Balaban J connectivity index is 1.28. The molecule has 0 fully saturated rings. The maximum atomic E-state index is 7.34. The van der Waals surface area contributed by atoms with Crippen molar-refractivity contribution in [2.45, 2.75) is 39.0 Å². The zero-order chi connectivity index (χ0) is 37.0. The zero-order valence-corrected chi connectivity index (χ0v) is 31.0. The average Bonchev–Trinajstić information content (AvgIpc) is 3.88. The number of hydrogen-bond acceptors (Lipinski definition) is 3. The van der Waals surface area contributed by atoms with Crippen LogP contribution in [0.2, 0.25) is 0 Å². The Bertz CT molecular complexity index is 2710. The summed E-state index contributed by atoms with van der Waals surface area (Å²) in [6.07, 6.45) is 9.41. The zero-order valence-electron chi connectivity index (χ0n) is 31.0. The molecular weight excluding hydrogens is 673 g/mol. The van der Waals surface area contributed by atoms with Gasteiger partial charge in [-0.1, -0.05) is 154 Å². The molecule has 0 aliphatic heterocycles. The monoisotopic (exact) mass is 714 g/mol. The molecule has 2 aromatic heterocycles. The van der Waals surface area contributed by atoms with Crippen LogP contribution in [0.1, 0.15) is 38.2 Å². The van der Waals surface area contributed by atoms with Crippen LogP contribution in [0.15, 0.2) is 176 Å². The second-order valence-corrected chi connectivity index (χ2v) is 14.1. The van der Waals surface area contributed by atoms with Gasteiger partial charge in [0.05, 0.1) is 34.8 Å². The fraction of sp³-hybridized carbons (Fsp3) is 0.120. The number of nitrogens with zero attached hydrogens (tertiary/aromatic N) is 4. The number of rotatable bonds is 12. The lowest BCUT2D eigenvalue weighted by atomic mass is 9.96. The molecule has 55 heavy (non-hydrogen) atoms. The normalized spacial score (nSPS) is 11.4. The number of aryl methyl sites for hydroxylation is 1. The minimum absolute atomic E-state index is 0.788. The van der Waals surface area contributed by atoms with Crippen molar-refractivity contribution in [3.05, 3.63) is 182 Å². The molecule has 0 aliphatic rings. The summed E-state index contributed by atoms with van der Waals surface area (Å²) in [5.41, 5.74) is 11.7. The van der Waals surface area contributed by atoms with Crippen molar-refractivity contribution in [1.29, 1.82) is 0 Å². The third kappa shape index (κ3) is 6.81. The highest BCUT2D eigenvalue weighted by molar-refractivity contribution is 5.88. The predicted molar refractivity (Wildman–Crippen MR) is 226 cm³/mol. The van der Waals surface area contributed by atoms with E-state index < -0.39 is 0 Å². The highest BCUT2D eigenvalue weighted by Crippen LogP contribution is 2.44. The van der Waals surface area contributed by atoms with Crippen LogP contribution in [0.3, 0.4) is 0 Å². The first-order valence-electron chi connectivity index (χ1n) is 19.3. The molecule has 0 spiro atoms. The predicted octanol–water partition coefficient (Wildman–Crippen LogP) is 13.3. The molecular formula is C50H42N4O. The maximum absolute atomic E-state index is 7.34. The lowest BCUT2D eigenvalue weighted by Crippen LogP contribution is -2.04. The summed E-state index contributed by atoms with van der Waals surface area (Å²) in [5, 5.41) is 12.1. The summed E-state index contributed by atoms with van der Waals surface area (Å²) in [6.45, 7) is 2.26. The summed E-state index contributed by atoms with van der Waals surface area (Å²) in [4.78, 5) is 0. The molecule has 9 aromatic rings. The number of benzene rings is 7. The van der Waals surface area contributed by atoms with E-state index in [0.717, 1.165) is 103 Å². The molecule has 0 N–H and O–H groups in total. The number of unbranched alkanes of at least 4 members (excludes halogenated alkanes) is 3. The van der Waals surface area contributed by atoms with Gasteiger partial charge in [-0.05, 0) is 71.5 Å². The highest BCUT2D eigenvalue weighted by Gasteiger charge is 2.21. The molecule has 5 nitrogen and oxygen atoms in total. The first-order chi connectivity index (χ1) is 27.2. The van der Waals surface area contributed by atoms with Crippen molar-refractivity contribution in [1.82, 2.24) is 19.6 Å². The Morgan fingerprint density at radius 3 is 1.47 bits per heavy atom. The Labute approximate surface area is 322 Å². The molecule has 0 amide bonds. The summed E-state index contributed by atoms with van der Waals surface area (Å²) < 4.78 is 11.5. The van der Waals surface area contributed by atoms with Crippen molar-refractivity contribution < 1.29 is 4.74 Å². The van der Waals surface area contributed by atoms with Gasteiger partial charge in [0, 0.05) is 27.5 Å². The molecule has 7 aromatic carbocycles. The molecule has 0 bridgehead atoms. The molecule has 0 saturated heterocycles. The summed E-state index contributed by atoms with van der Waals surface area (Å²) >= 11 is 0. The standard InChI is InChI=1S/C50H42N4O/c1-2-3-4-8-25-39-30-47(53-45-28-17-15-26-40(45)34-51-53)42(36-19-9-5-10-20-36)32-49(39)55-50-33-43(37-21-11-6-12-22-37)48(31-44(50)38-23-13-7-14-24-38)54-46-29-18-16-27-41(46)35-52-54/h5-7,9-24,26-35H,2-4,8,25H2,1H3. The smallest absolute Gasteiger partial charge is 0.136 e. The third-order valence-corrected chi connectivity index (χ3v) is 10.5. The van der Waals surface area contributed by atoms with Gasteiger partial charge in [0.25, 0.3) is 0 Å². The lowest BCUT2D eigenvalue weighted by Gasteiger charge is -2.21. The Morgan fingerprint density at radius 2 is 0.927 bits per heavy atom. The minimum atomic E-state index is 0.788. The van der Waals surface area contributed by atoms with Crippen LogP contribution in [-0.2, 0) is 6.42 Å². The number of fused-ring (bicyclic) bond motifs is 2. The fourth-order valence-electron chi connectivity index (χ4n) is 7.63. The Morgan fingerprint density at radius 1 is 0.455 bits per heavy atom. The third-order valence-electron chi connectivity index (χ3n) is 10.5. The molecule has 2 heterocycles. The van der Waals surface area contributed by atoms with E-state index in [1.54, 1.807) is 0 Å². The fourth-order valence-corrected chi connectivity index (χ4v) is 7.63. The van der Waals surface area contributed by atoms with Crippen molar-refractivity contribution in [3.8, 4) is 56.3 Å². The largest absolute Gasteiger partial charge is 0.456 e. The van der Waals surface area contributed by atoms with Gasteiger partial charge in [-0.3, -0.25) is 0 Å². The van der Waals surface area contributed by atoms with E-state index in [0.29, 0.717) is 0 Å². The molecule has 0 aliphatic carbocycles. The van der Waals surface area contributed by atoms with Gasteiger partial charge >= 0.3 is 0 Å². The number of para-hydroxylation sites is 2. The van der Waals surface area contributed by atoms with Gasteiger partial charge in [0.2, 0.25) is 0 Å². The SMILES string of the molecule is CCCCCCc1cc(-n2ncc3ccccc32)c(-c2ccccc2)cc1Oc1cc(-c2ccccc2)c(-n2ncc3ccccc32)cc1-c1ccccc1. The van der Waals surface area contributed by atoms with E-state index in [9.17, 15) is 0 Å². The second kappa shape index (κ2) is 15.3. The Hall–Kier alpha value is -6.72. The van der Waals surface area contributed by atoms with E-state index in [1.807, 2.05) is 12.4 Å². The van der Waals surface area contributed by atoms with Gasteiger partial charge in [0.1, 0.15) is 11.5 Å². The molecule has 0 radical (unpaired) electrons. The van der Waals surface area contributed by atoms with Gasteiger partial charge in [-0.2, -0.15) is 10.2 Å². The van der Waals surface area contributed by atoms with Crippen molar-refractivity contribution in [2.75, 3.05) is 0 Å². The number of aromatic nitrogens is 4. The highest BCUT2D eigenvalue weighted by atomic mass is 16.5. The molecule has 0 atom stereocenters. The number of hydrogen-bond donors (Lipinski definition) is 0. The first-order valence-corrected chi connectivity index (χ1v) is 19.3. The maximum Gasteiger partial charge on any atom is 0.136 e. The van der Waals surface area contributed by atoms with Crippen LogP contribution in [0.4, 0.5) is 0 Å². The van der Waals surface area contributed by atoms with Crippen molar-refractivity contribution in [3.63, 3.8) is 0 Å². The van der Waals surface area contributed by atoms with Crippen LogP contribution < -0.4 is 4.74 Å². The van der Waals surface area contributed by atoms with E-state index in [2.05, 4.69) is 180 Å².